The summed E-state index contributed by atoms with van der Waals surface area (Å²) >= 11 is 9.32. The second kappa shape index (κ2) is 8.82. The lowest BCUT2D eigenvalue weighted by molar-refractivity contribution is 0.302. The van der Waals surface area contributed by atoms with Gasteiger partial charge in [0.05, 0.1) is 12.5 Å². The largest absolute Gasteiger partial charge is 0.493 e. The number of unbranched alkanes of at least 4 members (excludes halogenated alkanes) is 4. The summed E-state index contributed by atoms with van der Waals surface area (Å²) in [5.74, 6) is 1.41. The van der Waals surface area contributed by atoms with Gasteiger partial charge in [0.1, 0.15) is 5.75 Å². The van der Waals surface area contributed by atoms with E-state index in [1.807, 2.05) is 18.2 Å². The lowest BCUT2D eigenvalue weighted by Crippen LogP contribution is -1.99. The maximum atomic E-state index is 5.88. The summed E-state index contributed by atoms with van der Waals surface area (Å²) in [7, 11) is 0. The SMILES string of the molecule is CCCCCCCOc1ccc(Br)cc1CCl. The van der Waals surface area contributed by atoms with Crippen molar-refractivity contribution in [2.45, 2.75) is 44.9 Å². The second-order valence-corrected chi connectivity index (χ2v) is 5.33. The van der Waals surface area contributed by atoms with Crippen molar-refractivity contribution < 1.29 is 4.74 Å². The highest BCUT2D eigenvalue weighted by Gasteiger charge is 2.03. The predicted molar refractivity (Wildman–Crippen MR) is 78.0 cm³/mol. The smallest absolute Gasteiger partial charge is 0.123 e. The lowest BCUT2D eigenvalue weighted by Gasteiger charge is -2.10. The fraction of sp³-hybridized carbons (Fsp3) is 0.571. The number of benzene rings is 1. The highest BCUT2D eigenvalue weighted by molar-refractivity contribution is 9.10. The van der Waals surface area contributed by atoms with Crippen LogP contribution in [0.2, 0.25) is 0 Å². The molecule has 0 fully saturated rings. The summed E-state index contributed by atoms with van der Waals surface area (Å²) in [5.41, 5.74) is 1.05. The third-order valence-corrected chi connectivity index (χ3v) is 3.45. The molecule has 0 radical (unpaired) electrons. The lowest BCUT2D eigenvalue weighted by atomic mass is 10.2. The maximum Gasteiger partial charge on any atom is 0.123 e. The molecule has 17 heavy (non-hydrogen) atoms. The molecule has 0 aliphatic rings. The van der Waals surface area contributed by atoms with Crippen LogP contribution in [-0.2, 0) is 5.88 Å². The van der Waals surface area contributed by atoms with E-state index in [-0.39, 0.29) is 0 Å². The van der Waals surface area contributed by atoms with Crippen molar-refractivity contribution in [2.75, 3.05) is 6.61 Å². The quantitative estimate of drug-likeness (QED) is 0.452. The van der Waals surface area contributed by atoms with Crippen LogP contribution in [0.25, 0.3) is 0 Å². The van der Waals surface area contributed by atoms with E-state index in [4.69, 9.17) is 16.3 Å². The van der Waals surface area contributed by atoms with Crippen molar-refractivity contribution in [3.63, 3.8) is 0 Å². The Morgan fingerprint density at radius 1 is 1.18 bits per heavy atom. The third kappa shape index (κ3) is 5.78. The van der Waals surface area contributed by atoms with Gasteiger partial charge in [-0.2, -0.15) is 0 Å². The summed E-state index contributed by atoms with van der Waals surface area (Å²) in [4.78, 5) is 0. The summed E-state index contributed by atoms with van der Waals surface area (Å²) in [6.45, 7) is 3.01. The summed E-state index contributed by atoms with van der Waals surface area (Å²) in [6.07, 6.45) is 6.29. The number of hydrogen-bond donors (Lipinski definition) is 0. The summed E-state index contributed by atoms with van der Waals surface area (Å²) in [5, 5.41) is 0. The number of ether oxygens (including phenoxy) is 1. The summed E-state index contributed by atoms with van der Waals surface area (Å²) in [6, 6.07) is 5.98. The monoisotopic (exact) mass is 318 g/mol. The molecule has 0 saturated carbocycles. The Labute approximate surface area is 118 Å². The molecular weight excluding hydrogens is 300 g/mol. The Balaban J connectivity index is 2.31. The van der Waals surface area contributed by atoms with Crippen LogP contribution in [0.3, 0.4) is 0 Å². The molecule has 0 N–H and O–H groups in total. The molecule has 1 nitrogen and oxygen atoms in total. The second-order valence-electron chi connectivity index (χ2n) is 4.15. The van der Waals surface area contributed by atoms with Gasteiger partial charge in [-0.05, 0) is 24.6 Å². The zero-order chi connectivity index (χ0) is 12.5. The van der Waals surface area contributed by atoms with Gasteiger partial charge < -0.3 is 4.74 Å². The van der Waals surface area contributed by atoms with E-state index >= 15 is 0 Å². The number of halogens is 2. The topological polar surface area (TPSA) is 9.23 Å². The van der Waals surface area contributed by atoms with Crippen molar-refractivity contribution >= 4 is 27.5 Å². The minimum Gasteiger partial charge on any atom is -0.493 e. The number of rotatable bonds is 8. The third-order valence-electron chi connectivity index (χ3n) is 2.67. The van der Waals surface area contributed by atoms with Crippen LogP contribution in [0.4, 0.5) is 0 Å². The highest BCUT2D eigenvalue weighted by atomic mass is 79.9. The average Bonchev–Trinajstić information content (AvgIpc) is 2.35. The molecule has 1 rings (SSSR count). The van der Waals surface area contributed by atoms with Gasteiger partial charge in [0.15, 0.2) is 0 Å². The van der Waals surface area contributed by atoms with Crippen LogP contribution < -0.4 is 4.74 Å². The van der Waals surface area contributed by atoms with Crippen LogP contribution in [0.5, 0.6) is 5.75 Å². The standard InChI is InChI=1S/C14H20BrClO/c1-2-3-4-5-6-9-17-14-8-7-13(15)10-12(14)11-16/h7-8,10H,2-6,9,11H2,1H3. The Bertz CT molecular complexity index is 328. The van der Waals surface area contributed by atoms with Crippen LogP contribution in [0, 0.1) is 0 Å². The predicted octanol–water partition coefficient (Wildman–Crippen LogP) is 5.54. The molecule has 0 saturated heterocycles. The summed E-state index contributed by atoms with van der Waals surface area (Å²) < 4.78 is 6.80. The van der Waals surface area contributed by atoms with Crippen molar-refractivity contribution in [1.29, 1.82) is 0 Å². The Morgan fingerprint density at radius 2 is 1.94 bits per heavy atom. The molecule has 0 aliphatic heterocycles. The molecular formula is C14H20BrClO. The normalized spacial score (nSPS) is 10.5. The molecule has 0 atom stereocenters. The first-order valence-corrected chi connectivity index (χ1v) is 7.58. The molecule has 1 aromatic rings. The van der Waals surface area contributed by atoms with E-state index in [2.05, 4.69) is 22.9 Å². The van der Waals surface area contributed by atoms with E-state index in [0.717, 1.165) is 28.8 Å². The van der Waals surface area contributed by atoms with Crippen LogP contribution in [0.1, 0.15) is 44.6 Å². The van der Waals surface area contributed by atoms with E-state index in [9.17, 15) is 0 Å². The molecule has 0 amide bonds. The highest BCUT2D eigenvalue weighted by Crippen LogP contribution is 2.24. The van der Waals surface area contributed by atoms with Crippen LogP contribution in [0.15, 0.2) is 22.7 Å². The molecule has 3 heteroatoms. The molecule has 0 aliphatic carbocycles. The Kier molecular flexibility index (Phi) is 7.70. The van der Waals surface area contributed by atoms with Gasteiger partial charge in [-0.15, -0.1) is 11.6 Å². The van der Waals surface area contributed by atoms with Gasteiger partial charge >= 0.3 is 0 Å². The molecule has 0 heterocycles. The van der Waals surface area contributed by atoms with E-state index in [0.29, 0.717) is 5.88 Å². The molecule has 96 valence electrons. The van der Waals surface area contributed by atoms with Crippen molar-refractivity contribution in [1.82, 2.24) is 0 Å². The van der Waals surface area contributed by atoms with Gasteiger partial charge in [-0.1, -0.05) is 48.5 Å². The first kappa shape index (κ1) is 14.8. The molecule has 0 unspecified atom stereocenters. The molecule has 0 aromatic heterocycles. The van der Waals surface area contributed by atoms with Gasteiger partial charge in [-0.25, -0.2) is 0 Å². The van der Waals surface area contributed by atoms with Crippen LogP contribution >= 0.6 is 27.5 Å². The minimum atomic E-state index is 0.491. The maximum absolute atomic E-state index is 5.88. The molecule has 0 bridgehead atoms. The van der Waals surface area contributed by atoms with E-state index in [1.165, 1.54) is 25.7 Å². The van der Waals surface area contributed by atoms with Crippen molar-refractivity contribution in [3.8, 4) is 5.75 Å². The van der Waals surface area contributed by atoms with Gasteiger partial charge in [-0.3, -0.25) is 0 Å². The minimum absolute atomic E-state index is 0.491. The van der Waals surface area contributed by atoms with Gasteiger partial charge in [0.2, 0.25) is 0 Å². The Hall–Kier alpha value is -0.210. The van der Waals surface area contributed by atoms with Crippen molar-refractivity contribution in [3.05, 3.63) is 28.2 Å². The fourth-order valence-electron chi connectivity index (χ4n) is 1.68. The first-order chi connectivity index (χ1) is 8.27. The van der Waals surface area contributed by atoms with Crippen LogP contribution in [-0.4, -0.2) is 6.61 Å². The first-order valence-electron chi connectivity index (χ1n) is 6.25. The molecule has 0 spiro atoms. The number of alkyl halides is 1. The van der Waals surface area contributed by atoms with Gasteiger partial charge in [0, 0.05) is 10.0 Å². The van der Waals surface area contributed by atoms with Gasteiger partial charge in [0.25, 0.3) is 0 Å². The van der Waals surface area contributed by atoms with E-state index < -0.39 is 0 Å². The number of hydrogen-bond acceptors (Lipinski definition) is 1. The Morgan fingerprint density at radius 3 is 2.65 bits per heavy atom. The average molecular weight is 320 g/mol. The van der Waals surface area contributed by atoms with Crippen molar-refractivity contribution in [2.24, 2.45) is 0 Å². The zero-order valence-electron chi connectivity index (χ0n) is 10.3. The van der Waals surface area contributed by atoms with E-state index in [1.54, 1.807) is 0 Å². The molecule has 1 aromatic carbocycles. The fourth-order valence-corrected chi connectivity index (χ4v) is 2.30. The zero-order valence-corrected chi connectivity index (χ0v) is 12.7.